The second-order valence-corrected chi connectivity index (χ2v) is 7.89. The average molecular weight is 244 g/mol. The Morgan fingerprint density at radius 2 is 1.18 bits per heavy atom. The van der Waals surface area contributed by atoms with E-state index in [-0.39, 0.29) is 6.10 Å². The highest BCUT2D eigenvalue weighted by Crippen LogP contribution is 2.31. The molecule has 0 saturated heterocycles. The van der Waals surface area contributed by atoms with E-state index < -0.39 is 0 Å². The van der Waals surface area contributed by atoms with Crippen LogP contribution in [-0.4, -0.2) is 75.6 Å². The summed E-state index contributed by atoms with van der Waals surface area (Å²) in [6, 6.07) is 0. The van der Waals surface area contributed by atoms with Crippen molar-refractivity contribution in [1.82, 2.24) is 0 Å². The van der Waals surface area contributed by atoms with Crippen LogP contribution in [0.5, 0.6) is 0 Å². The summed E-state index contributed by atoms with van der Waals surface area (Å²) in [5.74, 6) is 0.973. The maximum absolute atomic E-state index is 10.5. The Morgan fingerprint density at radius 1 is 0.824 bits per heavy atom. The summed E-state index contributed by atoms with van der Waals surface area (Å²) < 4.78 is 1.91. The molecule has 1 fully saturated rings. The van der Waals surface area contributed by atoms with E-state index in [9.17, 15) is 5.11 Å². The molecule has 0 radical (unpaired) electrons. The summed E-state index contributed by atoms with van der Waals surface area (Å²) >= 11 is 0. The third-order valence-corrected chi connectivity index (χ3v) is 3.68. The molecule has 0 aromatic heterocycles. The predicted octanol–water partition coefficient (Wildman–Crippen LogP) is 1.18. The molecule has 1 saturated carbocycles. The van der Waals surface area contributed by atoms with Gasteiger partial charge in [0, 0.05) is 11.8 Å². The molecule has 1 rings (SSSR count). The number of hydrogen-bond donors (Lipinski definition) is 1. The highest BCUT2D eigenvalue weighted by molar-refractivity contribution is 4.81. The van der Waals surface area contributed by atoms with Crippen LogP contribution >= 0.6 is 0 Å². The SMILES string of the molecule is C[N+](C)(C)C[C@H]1CCC[C@@H](C[N+](C)(C)C)C1O. The Kier molecular flexibility index (Phi) is 4.61. The molecule has 1 aliphatic rings. The van der Waals surface area contributed by atoms with E-state index in [0.717, 1.165) is 22.1 Å². The van der Waals surface area contributed by atoms with Crippen LogP contribution in [0.2, 0.25) is 0 Å². The fourth-order valence-corrected chi connectivity index (χ4v) is 3.17. The summed E-state index contributed by atoms with van der Waals surface area (Å²) in [4.78, 5) is 0. The van der Waals surface area contributed by atoms with Gasteiger partial charge >= 0.3 is 0 Å². The molecular formula is C14H32N2O+2. The van der Waals surface area contributed by atoms with Gasteiger partial charge in [-0.15, -0.1) is 0 Å². The van der Waals surface area contributed by atoms with E-state index in [0.29, 0.717) is 11.8 Å². The summed E-state index contributed by atoms with van der Waals surface area (Å²) in [5.41, 5.74) is 0. The molecule has 1 unspecified atom stereocenters. The number of hydrogen-bond acceptors (Lipinski definition) is 1. The van der Waals surface area contributed by atoms with Gasteiger partial charge < -0.3 is 14.1 Å². The lowest BCUT2D eigenvalue weighted by Gasteiger charge is -2.40. The van der Waals surface area contributed by atoms with Crippen LogP contribution in [0.3, 0.4) is 0 Å². The van der Waals surface area contributed by atoms with Crippen molar-refractivity contribution in [2.75, 3.05) is 55.4 Å². The maximum atomic E-state index is 10.5. The number of rotatable bonds is 4. The first-order valence-corrected chi connectivity index (χ1v) is 6.87. The van der Waals surface area contributed by atoms with Gasteiger partial charge in [-0.1, -0.05) is 6.42 Å². The number of nitrogens with zero attached hydrogens (tertiary/aromatic N) is 2. The summed E-state index contributed by atoms with van der Waals surface area (Å²) in [6.07, 6.45) is 3.58. The van der Waals surface area contributed by atoms with Gasteiger partial charge in [0.05, 0.1) is 61.5 Å². The Bertz CT molecular complexity index is 216. The van der Waals surface area contributed by atoms with E-state index in [4.69, 9.17) is 0 Å². The number of quaternary nitrogens is 2. The van der Waals surface area contributed by atoms with Crippen molar-refractivity contribution in [3.8, 4) is 0 Å². The zero-order chi connectivity index (χ0) is 13.3. The number of aliphatic hydroxyl groups excluding tert-OH is 1. The van der Waals surface area contributed by atoms with Crippen LogP contribution in [-0.2, 0) is 0 Å². The molecule has 0 spiro atoms. The van der Waals surface area contributed by atoms with E-state index in [1.807, 2.05) is 0 Å². The van der Waals surface area contributed by atoms with Gasteiger partial charge in [0.1, 0.15) is 0 Å². The van der Waals surface area contributed by atoms with Gasteiger partial charge in [-0.25, -0.2) is 0 Å². The highest BCUT2D eigenvalue weighted by Gasteiger charge is 2.37. The van der Waals surface area contributed by atoms with Crippen molar-refractivity contribution in [2.24, 2.45) is 11.8 Å². The topological polar surface area (TPSA) is 20.2 Å². The molecule has 0 heterocycles. The largest absolute Gasteiger partial charge is 0.392 e. The van der Waals surface area contributed by atoms with Gasteiger partial charge in [0.2, 0.25) is 0 Å². The minimum atomic E-state index is -0.0987. The van der Waals surface area contributed by atoms with Crippen molar-refractivity contribution >= 4 is 0 Å². The molecule has 3 heteroatoms. The van der Waals surface area contributed by atoms with E-state index in [1.165, 1.54) is 19.3 Å². The molecule has 0 bridgehead atoms. The van der Waals surface area contributed by atoms with Crippen LogP contribution in [0.4, 0.5) is 0 Å². The minimum absolute atomic E-state index is 0.0987. The van der Waals surface area contributed by atoms with Crippen molar-refractivity contribution in [3.05, 3.63) is 0 Å². The van der Waals surface area contributed by atoms with Crippen molar-refractivity contribution in [3.63, 3.8) is 0 Å². The van der Waals surface area contributed by atoms with Crippen molar-refractivity contribution in [2.45, 2.75) is 25.4 Å². The van der Waals surface area contributed by atoms with Gasteiger partial charge in [-0.05, 0) is 12.8 Å². The van der Waals surface area contributed by atoms with Crippen molar-refractivity contribution in [1.29, 1.82) is 0 Å². The highest BCUT2D eigenvalue weighted by atomic mass is 16.3. The smallest absolute Gasteiger partial charge is 0.0834 e. The molecule has 3 nitrogen and oxygen atoms in total. The zero-order valence-electron chi connectivity index (χ0n) is 12.6. The molecule has 0 aromatic carbocycles. The van der Waals surface area contributed by atoms with Crippen LogP contribution in [0.25, 0.3) is 0 Å². The fraction of sp³-hybridized carbons (Fsp3) is 1.00. The van der Waals surface area contributed by atoms with Crippen LogP contribution in [0.1, 0.15) is 19.3 Å². The van der Waals surface area contributed by atoms with E-state index in [2.05, 4.69) is 42.3 Å². The zero-order valence-corrected chi connectivity index (χ0v) is 12.6. The third-order valence-electron chi connectivity index (χ3n) is 3.68. The second-order valence-electron chi connectivity index (χ2n) is 7.89. The first-order valence-electron chi connectivity index (χ1n) is 6.87. The summed E-state index contributed by atoms with van der Waals surface area (Å²) in [7, 11) is 13.3. The monoisotopic (exact) mass is 244 g/mol. The minimum Gasteiger partial charge on any atom is -0.392 e. The predicted molar refractivity (Wildman–Crippen MR) is 72.6 cm³/mol. The first kappa shape index (κ1) is 14.9. The molecule has 1 N–H and O–H groups in total. The lowest BCUT2D eigenvalue weighted by molar-refractivity contribution is -0.878. The van der Waals surface area contributed by atoms with Crippen LogP contribution in [0, 0.1) is 11.8 Å². The second kappa shape index (κ2) is 5.25. The summed E-state index contributed by atoms with van der Waals surface area (Å²) in [6.45, 7) is 2.18. The van der Waals surface area contributed by atoms with E-state index >= 15 is 0 Å². The Morgan fingerprint density at radius 3 is 1.47 bits per heavy atom. The molecular weight excluding hydrogens is 212 g/mol. The molecule has 102 valence electrons. The van der Waals surface area contributed by atoms with Gasteiger partial charge in [0.15, 0.2) is 0 Å². The van der Waals surface area contributed by atoms with Gasteiger partial charge in [-0.2, -0.15) is 0 Å². The van der Waals surface area contributed by atoms with Crippen LogP contribution in [0.15, 0.2) is 0 Å². The Hall–Kier alpha value is -0.120. The standard InChI is InChI=1S/C14H32N2O/c1-15(2,3)10-12-8-7-9-13(14(12)17)11-16(4,5)6/h12-14,17H,7-11H2,1-6H3/q+2/t12-,13+,14?. The Labute approximate surface area is 107 Å². The lowest BCUT2D eigenvalue weighted by atomic mass is 9.78. The molecule has 0 aromatic rings. The lowest BCUT2D eigenvalue weighted by Crippen LogP contribution is -2.50. The molecule has 1 aliphatic carbocycles. The fourth-order valence-electron chi connectivity index (χ4n) is 3.17. The maximum Gasteiger partial charge on any atom is 0.0834 e. The Balaban J connectivity index is 2.59. The first-order chi connectivity index (χ1) is 7.58. The van der Waals surface area contributed by atoms with Gasteiger partial charge in [0.25, 0.3) is 0 Å². The average Bonchev–Trinajstić information content (AvgIpc) is 2.07. The summed E-state index contributed by atoms with van der Waals surface area (Å²) in [5, 5.41) is 10.5. The normalized spacial score (nSPS) is 31.6. The third kappa shape index (κ3) is 5.36. The molecule has 17 heavy (non-hydrogen) atoms. The molecule has 3 atom stereocenters. The molecule has 0 amide bonds. The van der Waals surface area contributed by atoms with Crippen LogP contribution < -0.4 is 0 Å². The molecule has 0 aliphatic heterocycles. The van der Waals surface area contributed by atoms with Gasteiger partial charge in [-0.3, -0.25) is 0 Å². The number of aliphatic hydroxyl groups is 1. The quantitative estimate of drug-likeness (QED) is 0.736. The van der Waals surface area contributed by atoms with Crippen molar-refractivity contribution < 1.29 is 14.1 Å². The van der Waals surface area contributed by atoms with E-state index in [1.54, 1.807) is 0 Å².